The van der Waals surface area contributed by atoms with Crippen molar-refractivity contribution in [1.29, 1.82) is 0 Å². The summed E-state index contributed by atoms with van der Waals surface area (Å²) in [5.74, 6) is -0.203. The molecule has 4 rings (SSSR count). The second-order valence-corrected chi connectivity index (χ2v) is 7.13. The van der Waals surface area contributed by atoms with Gasteiger partial charge in [-0.05, 0) is 65.4 Å². The Labute approximate surface area is 195 Å². The van der Waals surface area contributed by atoms with Gasteiger partial charge >= 0.3 is 6.36 Å². The fourth-order valence-corrected chi connectivity index (χ4v) is 3.84. The van der Waals surface area contributed by atoms with Gasteiger partial charge in [0.25, 0.3) is 0 Å². The predicted octanol–water partition coefficient (Wildman–Crippen LogP) is 7.01. The normalized spacial score (nSPS) is 15.7. The zero-order valence-electron chi connectivity index (χ0n) is 15.3. The number of ether oxygens (including phenoxy) is 1. The summed E-state index contributed by atoms with van der Waals surface area (Å²) in [6.07, 6.45) is -3.13. The van der Waals surface area contributed by atoms with Crippen molar-refractivity contribution >= 4 is 17.3 Å². The zero-order valence-corrected chi connectivity index (χ0v) is 20.2. The van der Waals surface area contributed by atoms with E-state index in [0.717, 1.165) is 35.2 Å². The van der Waals surface area contributed by atoms with Crippen LogP contribution in [0.25, 0.3) is 11.1 Å². The second kappa shape index (κ2) is 9.04. The minimum Gasteiger partial charge on any atom is -0.406 e. The van der Waals surface area contributed by atoms with Crippen molar-refractivity contribution in [2.75, 3.05) is 5.32 Å². The van der Waals surface area contributed by atoms with Gasteiger partial charge < -0.3 is 10.1 Å². The van der Waals surface area contributed by atoms with Crippen molar-refractivity contribution in [2.24, 2.45) is 0 Å². The van der Waals surface area contributed by atoms with E-state index >= 15 is 0 Å². The van der Waals surface area contributed by atoms with Gasteiger partial charge in [-0.25, -0.2) is 0 Å². The number of hydrogen-bond donors (Lipinski definition) is 1. The number of halogens is 4. The van der Waals surface area contributed by atoms with Crippen LogP contribution >= 0.6 is 11.6 Å². The van der Waals surface area contributed by atoms with E-state index in [1.165, 1.54) is 17.7 Å². The Kier molecular flexibility index (Phi) is 6.88. The van der Waals surface area contributed by atoms with Gasteiger partial charge in [-0.3, -0.25) is 0 Å². The van der Waals surface area contributed by atoms with Gasteiger partial charge in [0.05, 0.1) is 6.04 Å². The molecule has 3 aromatic carbocycles. The van der Waals surface area contributed by atoms with E-state index in [-0.39, 0.29) is 42.9 Å². The first-order chi connectivity index (χ1) is 13.4. The molecule has 0 saturated carbocycles. The molecule has 1 heterocycles. The maximum atomic E-state index is 12.5. The van der Waals surface area contributed by atoms with Crippen molar-refractivity contribution in [3.63, 3.8) is 0 Å². The second-order valence-electron chi connectivity index (χ2n) is 6.70. The maximum absolute atomic E-state index is 12.5. The number of hydrogen-bond acceptors (Lipinski definition) is 2. The van der Waals surface area contributed by atoms with Crippen molar-refractivity contribution < 1.29 is 49.0 Å². The van der Waals surface area contributed by atoms with Crippen LogP contribution in [-0.4, -0.2) is 6.36 Å². The fraction of sp³-hybridized carbons (Fsp3) is 0.182. The third kappa shape index (κ3) is 5.31. The molecule has 0 bridgehead atoms. The van der Waals surface area contributed by atoms with Crippen LogP contribution in [0.3, 0.4) is 0 Å². The summed E-state index contributed by atoms with van der Waals surface area (Å²) in [6, 6.07) is 19.8. The monoisotopic (exact) mass is 641 g/mol. The Hall–Kier alpha value is -1.61. The van der Waals surface area contributed by atoms with Crippen LogP contribution in [0.5, 0.6) is 5.75 Å². The van der Waals surface area contributed by atoms with Crippen LogP contribution in [0.15, 0.2) is 66.7 Å². The van der Waals surface area contributed by atoms with Crippen molar-refractivity contribution in [3.8, 4) is 16.9 Å². The molecule has 7 heteroatoms. The minimum absolute atomic E-state index is 0. The van der Waals surface area contributed by atoms with E-state index in [0.29, 0.717) is 5.02 Å². The molecule has 0 spiro atoms. The maximum Gasteiger partial charge on any atom is 0.573 e. The molecule has 0 amide bonds. The molecule has 0 saturated heterocycles. The summed E-state index contributed by atoms with van der Waals surface area (Å²) in [7, 11) is 0. The Morgan fingerprint density at radius 2 is 1.72 bits per heavy atom. The summed E-state index contributed by atoms with van der Waals surface area (Å²) >= 11 is 6.13. The van der Waals surface area contributed by atoms with E-state index in [1.807, 2.05) is 42.5 Å². The Morgan fingerprint density at radius 1 is 0.966 bits per heavy atom. The van der Waals surface area contributed by atoms with Gasteiger partial charge in [-0.2, -0.15) is 0 Å². The van der Waals surface area contributed by atoms with Gasteiger partial charge in [0, 0.05) is 41.8 Å². The fourth-order valence-electron chi connectivity index (χ4n) is 3.64. The van der Waals surface area contributed by atoms with Crippen LogP contribution in [0.4, 0.5) is 18.9 Å². The first-order valence-corrected chi connectivity index (χ1v) is 9.27. The molecule has 0 fully saturated rings. The molecule has 1 unspecified atom stereocenters. The first-order valence-electron chi connectivity index (χ1n) is 8.89. The van der Waals surface area contributed by atoms with Gasteiger partial charge in [-0.1, -0.05) is 48.0 Å². The smallest absolute Gasteiger partial charge is 0.406 e. The third-order valence-electron chi connectivity index (χ3n) is 4.82. The molecule has 1 aliphatic heterocycles. The molecule has 148 valence electrons. The van der Waals surface area contributed by atoms with Crippen LogP contribution in [0.2, 0.25) is 5.02 Å². The van der Waals surface area contributed by atoms with Crippen molar-refractivity contribution in [3.05, 3.63) is 82.9 Å². The molecule has 3 aromatic rings. The van der Waals surface area contributed by atoms with Gasteiger partial charge in [0.15, 0.2) is 0 Å². The minimum atomic E-state index is -4.70. The molecule has 0 radical (unpaired) electrons. The molecule has 1 atom stereocenters. The number of nitrogens with one attached hydrogen (secondary N) is 1. The van der Waals surface area contributed by atoms with E-state index in [2.05, 4.69) is 16.1 Å². The number of alkyl halides is 3. The van der Waals surface area contributed by atoms with Crippen molar-refractivity contribution in [1.82, 2.24) is 0 Å². The molecule has 29 heavy (non-hydrogen) atoms. The van der Waals surface area contributed by atoms with Crippen LogP contribution in [0.1, 0.15) is 23.6 Å². The van der Waals surface area contributed by atoms with Gasteiger partial charge in [0.1, 0.15) is 5.75 Å². The summed E-state index contributed by atoms with van der Waals surface area (Å²) in [5, 5.41) is 4.14. The van der Waals surface area contributed by atoms with Gasteiger partial charge in [-0.15, -0.1) is 13.2 Å². The molecule has 1 N–H and O–H groups in total. The Morgan fingerprint density at radius 3 is 2.48 bits per heavy atom. The molecular weight excluding hydrogens is 625 g/mol. The summed E-state index contributed by atoms with van der Waals surface area (Å²) in [5.41, 5.74) is 5.09. The van der Waals surface area contributed by atoms with Crippen LogP contribution < -0.4 is 10.1 Å². The third-order valence-corrected chi connectivity index (χ3v) is 5.05. The predicted molar refractivity (Wildman–Crippen MR) is 105 cm³/mol. The summed E-state index contributed by atoms with van der Waals surface area (Å²) < 4.78 is 41.5. The molecule has 1 aliphatic rings. The Balaban J connectivity index is 0.00000240. The Bertz CT molecular complexity index is 1010. The number of fused-ring (bicyclic) bond motifs is 1. The average molecular weight is 642 g/mol. The molecule has 2 nitrogen and oxygen atoms in total. The number of benzene rings is 3. The van der Waals surface area contributed by atoms with Crippen LogP contribution in [0, 0.1) is 31.1 Å². The quantitative estimate of drug-likeness (QED) is 0.333. The SMILES string of the molecule is FC(F)(F)Oc1cccc(C2CCc3c(cccc3-c3cccc(Cl)c3)N2)c1.[U]. The number of rotatable bonds is 3. The van der Waals surface area contributed by atoms with Crippen LogP contribution in [-0.2, 0) is 6.42 Å². The van der Waals surface area contributed by atoms with E-state index in [9.17, 15) is 13.2 Å². The standard InChI is InChI=1S/C22H17ClF3NO.U/c23-16-6-1-4-14(12-16)18-8-3-9-21-19(18)10-11-20(27-21)15-5-2-7-17(13-15)28-22(24,25)26;/h1-9,12-13,20,27H,10-11H2;. The zero-order chi connectivity index (χ0) is 19.7. The molecule has 0 aliphatic carbocycles. The average Bonchev–Trinajstić information content (AvgIpc) is 2.66. The van der Waals surface area contributed by atoms with E-state index < -0.39 is 6.36 Å². The van der Waals surface area contributed by atoms with E-state index in [1.54, 1.807) is 6.07 Å². The topological polar surface area (TPSA) is 21.3 Å². The molecular formula is C22H17ClF3NOU. The first kappa shape index (κ1) is 22.1. The summed E-state index contributed by atoms with van der Waals surface area (Å²) in [6.45, 7) is 0. The number of anilines is 1. The summed E-state index contributed by atoms with van der Waals surface area (Å²) in [4.78, 5) is 0. The largest absolute Gasteiger partial charge is 0.573 e. The van der Waals surface area contributed by atoms with Crippen molar-refractivity contribution in [2.45, 2.75) is 25.2 Å². The van der Waals surface area contributed by atoms with E-state index in [4.69, 9.17) is 11.6 Å². The molecule has 0 aromatic heterocycles. The van der Waals surface area contributed by atoms with Gasteiger partial charge in [0.2, 0.25) is 0 Å².